The molecule has 0 radical (unpaired) electrons. The number of nitrogens with one attached hydrogen (secondary N) is 1. The Morgan fingerprint density at radius 2 is 1.97 bits per heavy atom. The van der Waals surface area contributed by atoms with E-state index in [-0.39, 0.29) is 24.4 Å². The van der Waals surface area contributed by atoms with E-state index in [0.717, 1.165) is 11.3 Å². The van der Waals surface area contributed by atoms with Gasteiger partial charge in [0.25, 0.3) is 5.56 Å². The second kappa shape index (κ2) is 8.28. The molecular weight excluding hydrogens is 386 g/mol. The van der Waals surface area contributed by atoms with Gasteiger partial charge in [-0.3, -0.25) is 14.2 Å². The Kier molecular flexibility index (Phi) is 5.39. The molecule has 146 valence electrons. The van der Waals surface area contributed by atoms with Gasteiger partial charge in [0.05, 0.1) is 11.7 Å². The Morgan fingerprint density at radius 3 is 2.76 bits per heavy atom. The SMILES string of the molecule is Cc1cccc(Oc2ccc(NC(=O)CCn3cnc4sccc4c3=O)cc2)c1. The number of rotatable bonds is 6. The van der Waals surface area contributed by atoms with E-state index in [9.17, 15) is 9.59 Å². The lowest BCUT2D eigenvalue weighted by Crippen LogP contribution is -2.23. The van der Waals surface area contributed by atoms with E-state index in [2.05, 4.69) is 10.3 Å². The minimum atomic E-state index is -0.172. The number of benzene rings is 2. The summed E-state index contributed by atoms with van der Waals surface area (Å²) in [6.45, 7) is 2.28. The highest BCUT2D eigenvalue weighted by molar-refractivity contribution is 7.16. The molecule has 2 aromatic carbocycles. The summed E-state index contributed by atoms with van der Waals surface area (Å²) in [7, 11) is 0. The summed E-state index contributed by atoms with van der Waals surface area (Å²) in [5.41, 5.74) is 1.67. The van der Waals surface area contributed by atoms with Crippen molar-refractivity contribution in [1.82, 2.24) is 9.55 Å². The van der Waals surface area contributed by atoms with Gasteiger partial charge in [0.15, 0.2) is 0 Å². The van der Waals surface area contributed by atoms with Crippen molar-refractivity contribution in [1.29, 1.82) is 0 Å². The van der Waals surface area contributed by atoms with Crippen molar-refractivity contribution in [2.45, 2.75) is 19.9 Å². The van der Waals surface area contributed by atoms with E-state index in [1.807, 2.05) is 36.6 Å². The van der Waals surface area contributed by atoms with Gasteiger partial charge in [0, 0.05) is 18.7 Å². The topological polar surface area (TPSA) is 73.2 Å². The summed E-state index contributed by atoms with van der Waals surface area (Å²) in [6.07, 6.45) is 1.67. The third kappa shape index (κ3) is 4.52. The Labute approximate surface area is 171 Å². The normalized spacial score (nSPS) is 10.8. The molecule has 4 rings (SSSR count). The maximum atomic E-state index is 12.4. The maximum Gasteiger partial charge on any atom is 0.262 e. The van der Waals surface area contributed by atoms with Crippen LogP contribution in [0.3, 0.4) is 0 Å². The van der Waals surface area contributed by atoms with E-state index in [4.69, 9.17) is 4.74 Å². The number of anilines is 1. The number of aryl methyl sites for hydroxylation is 2. The molecular formula is C22H19N3O3S. The van der Waals surface area contributed by atoms with Crippen molar-refractivity contribution < 1.29 is 9.53 Å². The highest BCUT2D eigenvalue weighted by Crippen LogP contribution is 2.23. The number of hydrogen-bond donors (Lipinski definition) is 1. The fourth-order valence-electron chi connectivity index (χ4n) is 2.92. The summed E-state index contributed by atoms with van der Waals surface area (Å²) in [5.74, 6) is 1.29. The molecule has 0 aliphatic carbocycles. The zero-order chi connectivity index (χ0) is 20.2. The monoisotopic (exact) mass is 405 g/mol. The van der Waals surface area contributed by atoms with Gasteiger partial charge in [0.2, 0.25) is 5.91 Å². The first kappa shape index (κ1) is 18.9. The molecule has 6 nitrogen and oxygen atoms in total. The zero-order valence-electron chi connectivity index (χ0n) is 15.8. The third-order valence-electron chi connectivity index (χ3n) is 4.39. The number of aromatic nitrogens is 2. The summed E-state index contributed by atoms with van der Waals surface area (Å²) in [5, 5.41) is 5.26. The highest BCUT2D eigenvalue weighted by atomic mass is 32.1. The van der Waals surface area contributed by atoms with Crippen LogP contribution in [0.25, 0.3) is 10.2 Å². The summed E-state index contributed by atoms with van der Waals surface area (Å²) in [4.78, 5) is 29.6. The van der Waals surface area contributed by atoms with Crippen LogP contribution in [0.5, 0.6) is 11.5 Å². The lowest BCUT2D eigenvalue weighted by atomic mass is 10.2. The number of hydrogen-bond acceptors (Lipinski definition) is 5. The Bertz CT molecular complexity index is 1210. The fraction of sp³-hybridized carbons (Fsp3) is 0.136. The van der Waals surface area contributed by atoms with Crippen molar-refractivity contribution in [2.75, 3.05) is 5.32 Å². The summed E-state index contributed by atoms with van der Waals surface area (Å²) >= 11 is 1.42. The average Bonchev–Trinajstić information content (AvgIpc) is 3.19. The smallest absolute Gasteiger partial charge is 0.262 e. The van der Waals surface area contributed by atoms with Crippen molar-refractivity contribution in [3.63, 3.8) is 0 Å². The molecule has 4 aromatic rings. The van der Waals surface area contributed by atoms with Gasteiger partial charge >= 0.3 is 0 Å². The van der Waals surface area contributed by atoms with Crippen molar-refractivity contribution in [3.8, 4) is 11.5 Å². The number of thiophene rings is 1. The molecule has 0 aliphatic heterocycles. The number of nitrogens with zero attached hydrogens (tertiary/aromatic N) is 2. The molecule has 0 bridgehead atoms. The molecule has 7 heteroatoms. The molecule has 0 fully saturated rings. The molecule has 2 aromatic heterocycles. The molecule has 1 N–H and O–H groups in total. The van der Waals surface area contributed by atoms with Crippen LogP contribution in [0.4, 0.5) is 5.69 Å². The molecule has 0 saturated heterocycles. The van der Waals surface area contributed by atoms with Crippen LogP contribution < -0.4 is 15.6 Å². The molecule has 0 aliphatic rings. The van der Waals surface area contributed by atoms with Gasteiger partial charge in [-0.15, -0.1) is 11.3 Å². The van der Waals surface area contributed by atoms with Crippen molar-refractivity contribution in [3.05, 3.63) is 82.2 Å². The Balaban J connectivity index is 1.34. The van der Waals surface area contributed by atoms with Gasteiger partial charge in [-0.1, -0.05) is 12.1 Å². The first-order chi connectivity index (χ1) is 14.1. The summed E-state index contributed by atoms with van der Waals surface area (Å²) < 4.78 is 7.27. The van der Waals surface area contributed by atoms with Crippen LogP contribution in [0, 0.1) is 6.92 Å². The first-order valence-electron chi connectivity index (χ1n) is 9.15. The van der Waals surface area contributed by atoms with E-state index < -0.39 is 0 Å². The van der Waals surface area contributed by atoms with Crippen LogP contribution in [0.2, 0.25) is 0 Å². The lowest BCUT2D eigenvalue weighted by Gasteiger charge is -2.09. The van der Waals surface area contributed by atoms with E-state index >= 15 is 0 Å². The van der Waals surface area contributed by atoms with Crippen LogP contribution in [0.1, 0.15) is 12.0 Å². The maximum absolute atomic E-state index is 12.4. The number of carbonyl (C=O) groups excluding carboxylic acids is 1. The minimum Gasteiger partial charge on any atom is -0.457 e. The lowest BCUT2D eigenvalue weighted by molar-refractivity contribution is -0.116. The van der Waals surface area contributed by atoms with E-state index in [0.29, 0.717) is 21.7 Å². The molecule has 29 heavy (non-hydrogen) atoms. The molecule has 2 heterocycles. The predicted molar refractivity (Wildman–Crippen MR) is 115 cm³/mol. The van der Waals surface area contributed by atoms with E-state index in [1.54, 1.807) is 30.3 Å². The van der Waals surface area contributed by atoms with Crippen molar-refractivity contribution >= 4 is 33.1 Å². The zero-order valence-corrected chi connectivity index (χ0v) is 16.6. The van der Waals surface area contributed by atoms with E-state index in [1.165, 1.54) is 22.2 Å². The highest BCUT2D eigenvalue weighted by Gasteiger charge is 2.08. The fourth-order valence-corrected chi connectivity index (χ4v) is 3.64. The Hall–Kier alpha value is -3.45. The van der Waals surface area contributed by atoms with Crippen LogP contribution in [0.15, 0.2) is 71.1 Å². The quantitative estimate of drug-likeness (QED) is 0.509. The average molecular weight is 405 g/mol. The van der Waals surface area contributed by atoms with Gasteiger partial charge in [-0.25, -0.2) is 4.98 Å². The van der Waals surface area contributed by atoms with Gasteiger partial charge in [0.1, 0.15) is 16.3 Å². The predicted octanol–water partition coefficient (Wildman–Crippen LogP) is 4.59. The molecule has 0 spiro atoms. The summed E-state index contributed by atoms with van der Waals surface area (Å²) in [6, 6.07) is 16.7. The minimum absolute atomic E-state index is 0.123. The molecule has 0 atom stereocenters. The van der Waals surface area contributed by atoms with Gasteiger partial charge in [-0.2, -0.15) is 0 Å². The van der Waals surface area contributed by atoms with Crippen molar-refractivity contribution in [2.24, 2.45) is 0 Å². The molecule has 0 saturated carbocycles. The number of amides is 1. The van der Waals surface area contributed by atoms with Crippen LogP contribution in [-0.4, -0.2) is 15.5 Å². The Morgan fingerprint density at radius 1 is 1.14 bits per heavy atom. The third-order valence-corrected chi connectivity index (χ3v) is 5.21. The first-order valence-corrected chi connectivity index (χ1v) is 10.0. The number of carbonyl (C=O) groups is 1. The second-order valence-corrected chi connectivity index (χ2v) is 7.52. The molecule has 1 amide bonds. The largest absolute Gasteiger partial charge is 0.457 e. The number of ether oxygens (including phenoxy) is 1. The molecule has 0 unspecified atom stereocenters. The van der Waals surface area contributed by atoms with Crippen LogP contribution in [-0.2, 0) is 11.3 Å². The van der Waals surface area contributed by atoms with Gasteiger partial charge < -0.3 is 10.1 Å². The number of fused-ring (bicyclic) bond motifs is 1. The van der Waals surface area contributed by atoms with Gasteiger partial charge in [-0.05, 0) is 60.3 Å². The second-order valence-electron chi connectivity index (χ2n) is 6.62. The standard InChI is InChI=1S/C22H19N3O3S/c1-15-3-2-4-18(13-15)28-17-7-5-16(6-8-17)24-20(26)9-11-25-14-23-21-19(22(25)27)10-12-29-21/h2-8,10,12-14H,9,11H2,1H3,(H,24,26). The van der Waals surface area contributed by atoms with Crippen LogP contribution >= 0.6 is 11.3 Å².